The van der Waals surface area contributed by atoms with Crippen molar-refractivity contribution >= 4 is 35.5 Å². The Morgan fingerprint density at radius 3 is 1.56 bits per heavy atom. The zero-order valence-corrected chi connectivity index (χ0v) is 12.3. The molecule has 0 amide bonds. The van der Waals surface area contributed by atoms with E-state index in [2.05, 4.69) is 48.5 Å². The second-order valence-electron chi connectivity index (χ2n) is 4.18. The highest BCUT2D eigenvalue weighted by molar-refractivity contribution is 8.04. The van der Waals surface area contributed by atoms with Crippen molar-refractivity contribution in [2.75, 3.05) is 14.1 Å². The third kappa shape index (κ3) is 2.95. The monoisotopic (exact) mass is 273 g/mol. The van der Waals surface area contributed by atoms with Gasteiger partial charge in [0.1, 0.15) is 4.73 Å². The van der Waals surface area contributed by atoms with Crippen LogP contribution in [0.15, 0.2) is 60.7 Å². The van der Waals surface area contributed by atoms with Crippen molar-refractivity contribution in [1.82, 2.24) is 4.90 Å². The first-order valence-corrected chi connectivity index (χ1v) is 7.56. The normalized spacial score (nSPS) is 10.4. The van der Waals surface area contributed by atoms with Crippen LogP contribution in [-0.2, 0) is 0 Å². The summed E-state index contributed by atoms with van der Waals surface area (Å²) in [6.45, 7) is 0. The van der Waals surface area contributed by atoms with Crippen LogP contribution in [0.25, 0.3) is 0 Å². The highest BCUT2D eigenvalue weighted by Gasteiger charge is 2.19. The molecular formula is C15H16NPS. The Morgan fingerprint density at radius 2 is 1.22 bits per heavy atom. The number of thiocarbonyl (C=S) groups is 1. The molecule has 2 rings (SSSR count). The number of benzene rings is 2. The summed E-state index contributed by atoms with van der Waals surface area (Å²) in [6.07, 6.45) is 0. The van der Waals surface area contributed by atoms with Crippen LogP contribution < -0.4 is 10.6 Å². The summed E-state index contributed by atoms with van der Waals surface area (Å²) in [5.41, 5.74) is 0. The van der Waals surface area contributed by atoms with Crippen molar-refractivity contribution in [2.45, 2.75) is 0 Å². The molecule has 0 heterocycles. The average Bonchev–Trinajstić information content (AvgIpc) is 2.41. The van der Waals surface area contributed by atoms with Crippen LogP contribution in [0.2, 0.25) is 0 Å². The third-order valence-electron chi connectivity index (χ3n) is 2.60. The largest absolute Gasteiger partial charge is 0.368 e. The molecule has 0 radical (unpaired) electrons. The fraction of sp³-hybridized carbons (Fsp3) is 0.133. The Morgan fingerprint density at radius 1 is 0.833 bits per heavy atom. The maximum Gasteiger partial charge on any atom is 0.109 e. The Bertz CT molecular complexity index is 471. The number of rotatable bonds is 3. The fourth-order valence-corrected chi connectivity index (χ4v) is 4.44. The minimum Gasteiger partial charge on any atom is -0.368 e. The molecule has 0 saturated carbocycles. The molecule has 0 atom stereocenters. The van der Waals surface area contributed by atoms with Gasteiger partial charge in [0.2, 0.25) is 0 Å². The Hall–Kier alpha value is -1.24. The van der Waals surface area contributed by atoms with Crippen LogP contribution in [-0.4, -0.2) is 23.7 Å². The molecule has 0 saturated heterocycles. The van der Waals surface area contributed by atoms with Crippen molar-refractivity contribution in [3.8, 4) is 0 Å². The number of nitrogens with zero attached hydrogens (tertiary/aromatic N) is 1. The van der Waals surface area contributed by atoms with E-state index in [0.29, 0.717) is 0 Å². The lowest BCUT2D eigenvalue weighted by Crippen LogP contribution is -2.26. The summed E-state index contributed by atoms with van der Waals surface area (Å²) in [5, 5.41) is 2.61. The molecule has 0 aliphatic rings. The van der Waals surface area contributed by atoms with Gasteiger partial charge in [0.15, 0.2) is 0 Å². The Labute approximate surface area is 115 Å². The second-order valence-corrected chi connectivity index (χ2v) is 7.00. The highest BCUT2D eigenvalue weighted by atomic mass is 32.1. The van der Waals surface area contributed by atoms with Crippen molar-refractivity contribution < 1.29 is 0 Å². The SMILES string of the molecule is CN(C)C(=S)P(c1ccccc1)c1ccccc1. The second kappa shape index (κ2) is 6.08. The van der Waals surface area contributed by atoms with E-state index in [1.54, 1.807) is 0 Å². The van der Waals surface area contributed by atoms with E-state index < -0.39 is 7.92 Å². The van der Waals surface area contributed by atoms with Gasteiger partial charge in [-0.15, -0.1) is 0 Å². The predicted molar refractivity (Wildman–Crippen MR) is 85.4 cm³/mol. The van der Waals surface area contributed by atoms with Gasteiger partial charge in [-0.2, -0.15) is 0 Å². The van der Waals surface area contributed by atoms with Crippen LogP contribution in [0.5, 0.6) is 0 Å². The first-order chi connectivity index (χ1) is 8.70. The van der Waals surface area contributed by atoms with E-state index in [4.69, 9.17) is 12.2 Å². The predicted octanol–water partition coefficient (Wildman–Crippen LogP) is 2.97. The topological polar surface area (TPSA) is 3.24 Å². The summed E-state index contributed by atoms with van der Waals surface area (Å²) < 4.78 is 1.00. The van der Waals surface area contributed by atoms with Gasteiger partial charge in [-0.1, -0.05) is 72.9 Å². The number of hydrogen-bond acceptors (Lipinski definition) is 1. The van der Waals surface area contributed by atoms with Gasteiger partial charge in [-0.05, 0) is 10.6 Å². The van der Waals surface area contributed by atoms with Gasteiger partial charge in [-0.3, -0.25) is 0 Å². The van der Waals surface area contributed by atoms with E-state index >= 15 is 0 Å². The van der Waals surface area contributed by atoms with Gasteiger partial charge in [0.05, 0.1) is 0 Å². The van der Waals surface area contributed by atoms with Crippen molar-refractivity contribution in [1.29, 1.82) is 0 Å². The van der Waals surface area contributed by atoms with Crippen molar-refractivity contribution in [2.24, 2.45) is 0 Å². The van der Waals surface area contributed by atoms with Crippen LogP contribution in [0.3, 0.4) is 0 Å². The van der Waals surface area contributed by atoms with E-state index in [-0.39, 0.29) is 0 Å². The molecule has 0 aliphatic heterocycles. The minimum absolute atomic E-state index is 0.594. The standard InChI is InChI=1S/C15H16NPS/c1-16(2)15(18)17(13-9-5-3-6-10-13)14-11-7-4-8-12-14/h3-12H,1-2H3. The summed E-state index contributed by atoms with van der Waals surface area (Å²) in [4.78, 5) is 2.04. The van der Waals surface area contributed by atoms with Gasteiger partial charge >= 0.3 is 0 Å². The Kier molecular flexibility index (Phi) is 4.46. The maximum atomic E-state index is 5.62. The summed E-state index contributed by atoms with van der Waals surface area (Å²) in [7, 11) is 3.44. The molecule has 18 heavy (non-hydrogen) atoms. The quantitative estimate of drug-likeness (QED) is 0.625. The molecule has 0 N–H and O–H groups in total. The molecule has 1 nitrogen and oxygen atoms in total. The van der Waals surface area contributed by atoms with Crippen LogP contribution in [0.1, 0.15) is 0 Å². The highest BCUT2D eigenvalue weighted by Crippen LogP contribution is 2.36. The zero-order chi connectivity index (χ0) is 13.0. The molecule has 0 aliphatic carbocycles. The zero-order valence-electron chi connectivity index (χ0n) is 10.6. The fourth-order valence-electron chi connectivity index (χ4n) is 1.72. The molecule has 3 heteroatoms. The van der Waals surface area contributed by atoms with Gasteiger partial charge in [0, 0.05) is 22.0 Å². The minimum atomic E-state index is -0.594. The van der Waals surface area contributed by atoms with Crippen LogP contribution in [0, 0.1) is 0 Å². The van der Waals surface area contributed by atoms with Crippen LogP contribution in [0.4, 0.5) is 0 Å². The van der Waals surface area contributed by atoms with Crippen LogP contribution >= 0.6 is 20.1 Å². The average molecular weight is 273 g/mol. The summed E-state index contributed by atoms with van der Waals surface area (Å²) in [6, 6.07) is 21.0. The molecule has 2 aromatic rings. The maximum absolute atomic E-state index is 5.62. The lowest BCUT2D eigenvalue weighted by molar-refractivity contribution is 0.647. The first-order valence-electron chi connectivity index (χ1n) is 5.81. The summed E-state index contributed by atoms with van der Waals surface area (Å²) in [5.74, 6) is 0. The molecule has 0 spiro atoms. The van der Waals surface area contributed by atoms with Crippen molar-refractivity contribution in [3.63, 3.8) is 0 Å². The third-order valence-corrected chi connectivity index (χ3v) is 5.93. The number of hydrogen-bond donors (Lipinski definition) is 0. The van der Waals surface area contributed by atoms with E-state index in [1.807, 2.05) is 31.1 Å². The smallest absolute Gasteiger partial charge is 0.109 e. The van der Waals surface area contributed by atoms with E-state index in [0.717, 1.165) is 4.73 Å². The molecule has 0 aromatic heterocycles. The van der Waals surface area contributed by atoms with Gasteiger partial charge in [-0.25, -0.2) is 0 Å². The lowest BCUT2D eigenvalue weighted by atomic mass is 10.4. The lowest BCUT2D eigenvalue weighted by Gasteiger charge is -2.24. The van der Waals surface area contributed by atoms with Gasteiger partial charge in [0.25, 0.3) is 0 Å². The van der Waals surface area contributed by atoms with E-state index in [9.17, 15) is 0 Å². The molecule has 92 valence electrons. The molecular weight excluding hydrogens is 257 g/mol. The molecule has 2 aromatic carbocycles. The summed E-state index contributed by atoms with van der Waals surface area (Å²) >= 11 is 5.62. The first kappa shape index (κ1) is 13.2. The van der Waals surface area contributed by atoms with E-state index in [1.165, 1.54) is 10.6 Å². The molecule has 0 bridgehead atoms. The Balaban J connectivity index is 2.45. The van der Waals surface area contributed by atoms with Gasteiger partial charge < -0.3 is 4.90 Å². The van der Waals surface area contributed by atoms with Crippen molar-refractivity contribution in [3.05, 3.63) is 60.7 Å². The molecule has 0 unspecified atom stereocenters. The molecule has 0 fully saturated rings.